The average molecular weight is 510 g/mol. The lowest BCUT2D eigenvalue weighted by atomic mass is 9.99. The highest BCUT2D eigenvalue weighted by Gasteiger charge is 2.15. The van der Waals surface area contributed by atoms with Crippen molar-refractivity contribution in [3.8, 4) is 11.3 Å². The van der Waals surface area contributed by atoms with Crippen molar-refractivity contribution >= 4 is 29.9 Å². The van der Waals surface area contributed by atoms with Crippen LogP contribution in [0.2, 0.25) is 0 Å². The van der Waals surface area contributed by atoms with Gasteiger partial charge in [-0.3, -0.25) is 4.99 Å². The molecule has 1 saturated heterocycles. The Labute approximate surface area is 192 Å². The molecule has 0 atom stereocenters. The Kier molecular flexibility index (Phi) is 9.93. The number of rotatable bonds is 7. The van der Waals surface area contributed by atoms with E-state index in [1.807, 2.05) is 38.5 Å². The molecule has 0 spiro atoms. The van der Waals surface area contributed by atoms with Crippen LogP contribution in [0.15, 0.2) is 41.5 Å². The Balaban J connectivity index is 0.00000300. The zero-order valence-corrected chi connectivity index (χ0v) is 20.2. The van der Waals surface area contributed by atoms with E-state index < -0.39 is 0 Å². The molecule has 1 aliphatic heterocycles. The first-order valence-corrected chi connectivity index (χ1v) is 10.4. The van der Waals surface area contributed by atoms with E-state index in [1.54, 1.807) is 0 Å². The molecular formula is C22H35IN6. The second-order valence-electron chi connectivity index (χ2n) is 7.82. The van der Waals surface area contributed by atoms with Gasteiger partial charge in [0.1, 0.15) is 5.82 Å². The Morgan fingerprint density at radius 1 is 1.28 bits per heavy atom. The highest BCUT2D eigenvalue weighted by atomic mass is 127. The smallest absolute Gasteiger partial charge is 0.193 e. The van der Waals surface area contributed by atoms with Crippen LogP contribution in [-0.4, -0.2) is 66.0 Å². The number of hydrogen-bond acceptors (Lipinski definition) is 3. The second kappa shape index (κ2) is 12.2. The zero-order chi connectivity index (χ0) is 19.8. The molecule has 0 bridgehead atoms. The number of hydrogen-bond donors (Lipinski definition) is 2. The molecule has 1 fully saturated rings. The molecule has 0 radical (unpaired) electrons. The predicted octanol–water partition coefficient (Wildman–Crippen LogP) is 3.82. The van der Waals surface area contributed by atoms with Gasteiger partial charge in [-0.2, -0.15) is 0 Å². The van der Waals surface area contributed by atoms with E-state index in [2.05, 4.69) is 49.1 Å². The molecule has 0 unspecified atom stereocenters. The summed E-state index contributed by atoms with van der Waals surface area (Å²) in [6.07, 6.45) is 5.71. The number of imidazole rings is 1. The lowest BCUT2D eigenvalue weighted by Gasteiger charge is -2.30. The predicted molar refractivity (Wildman–Crippen MR) is 132 cm³/mol. The molecular weight excluding hydrogens is 475 g/mol. The van der Waals surface area contributed by atoms with Crippen LogP contribution in [0.4, 0.5) is 0 Å². The molecule has 3 rings (SSSR count). The van der Waals surface area contributed by atoms with Crippen LogP contribution in [0.25, 0.3) is 11.3 Å². The molecule has 6 nitrogen and oxygen atoms in total. The van der Waals surface area contributed by atoms with Crippen LogP contribution in [0, 0.1) is 5.92 Å². The first-order valence-electron chi connectivity index (χ1n) is 10.4. The number of H-pyrrole nitrogens is 1. The molecule has 29 heavy (non-hydrogen) atoms. The number of nitrogens with zero attached hydrogens (tertiary/aromatic N) is 4. The number of aliphatic imine (C=N–C) groups is 1. The first kappa shape index (κ1) is 23.7. The van der Waals surface area contributed by atoms with E-state index in [0.29, 0.717) is 6.54 Å². The topological polar surface area (TPSA) is 59.6 Å². The summed E-state index contributed by atoms with van der Waals surface area (Å²) in [6, 6.07) is 10.3. The zero-order valence-electron chi connectivity index (χ0n) is 17.9. The van der Waals surface area contributed by atoms with Gasteiger partial charge in [0.25, 0.3) is 0 Å². The lowest BCUT2D eigenvalue weighted by molar-refractivity contribution is 0.191. The summed E-state index contributed by atoms with van der Waals surface area (Å²) in [6.45, 7) is 7.66. The summed E-state index contributed by atoms with van der Waals surface area (Å²) < 4.78 is 0. The largest absolute Gasteiger partial charge is 0.356 e. The SMILES string of the molecule is CN=C(NCCCN1CCC(C)CC1)N(C)Cc1ncc(-c2ccccc2)[nH]1.I. The van der Waals surface area contributed by atoms with E-state index in [1.165, 1.54) is 32.5 Å². The molecule has 0 amide bonds. The number of piperidine rings is 1. The van der Waals surface area contributed by atoms with Crippen LogP contribution >= 0.6 is 24.0 Å². The number of nitrogens with one attached hydrogen (secondary N) is 2. The minimum absolute atomic E-state index is 0. The summed E-state index contributed by atoms with van der Waals surface area (Å²) in [4.78, 5) is 17.0. The molecule has 160 valence electrons. The Hall–Kier alpha value is -1.61. The molecule has 1 aliphatic rings. The van der Waals surface area contributed by atoms with Gasteiger partial charge >= 0.3 is 0 Å². The number of guanidine groups is 1. The van der Waals surface area contributed by atoms with Crippen molar-refractivity contribution in [3.05, 3.63) is 42.4 Å². The van der Waals surface area contributed by atoms with Crippen molar-refractivity contribution in [2.75, 3.05) is 40.3 Å². The first-order chi connectivity index (χ1) is 13.7. The lowest BCUT2D eigenvalue weighted by Crippen LogP contribution is -2.40. The van der Waals surface area contributed by atoms with Gasteiger partial charge in [0.15, 0.2) is 5.96 Å². The minimum Gasteiger partial charge on any atom is -0.356 e. The van der Waals surface area contributed by atoms with Gasteiger partial charge in [0, 0.05) is 20.6 Å². The minimum atomic E-state index is 0. The molecule has 0 aliphatic carbocycles. The van der Waals surface area contributed by atoms with E-state index in [0.717, 1.165) is 41.9 Å². The fraction of sp³-hybridized carbons (Fsp3) is 0.545. The van der Waals surface area contributed by atoms with Crippen molar-refractivity contribution in [2.45, 2.75) is 32.7 Å². The van der Waals surface area contributed by atoms with Gasteiger partial charge in [-0.1, -0.05) is 37.3 Å². The molecule has 7 heteroatoms. The summed E-state index contributed by atoms with van der Waals surface area (Å²) in [5.74, 6) is 2.74. The van der Waals surface area contributed by atoms with E-state index in [4.69, 9.17) is 0 Å². The van der Waals surface area contributed by atoms with Gasteiger partial charge < -0.3 is 20.1 Å². The maximum absolute atomic E-state index is 4.53. The summed E-state index contributed by atoms with van der Waals surface area (Å²) in [5.41, 5.74) is 2.20. The van der Waals surface area contributed by atoms with Gasteiger partial charge in [0.05, 0.1) is 18.4 Å². The molecule has 2 aromatic rings. The third-order valence-electron chi connectivity index (χ3n) is 5.48. The van der Waals surface area contributed by atoms with Crippen molar-refractivity contribution in [1.29, 1.82) is 0 Å². The summed E-state index contributed by atoms with van der Waals surface area (Å²) in [7, 11) is 3.88. The van der Waals surface area contributed by atoms with Gasteiger partial charge in [-0.05, 0) is 50.4 Å². The molecule has 1 aromatic heterocycles. The molecule has 1 aromatic carbocycles. The third-order valence-corrected chi connectivity index (χ3v) is 5.48. The van der Waals surface area contributed by atoms with Crippen LogP contribution in [0.3, 0.4) is 0 Å². The molecule has 2 heterocycles. The highest BCUT2D eigenvalue weighted by Crippen LogP contribution is 2.17. The Morgan fingerprint density at radius 3 is 2.69 bits per heavy atom. The van der Waals surface area contributed by atoms with E-state index in [9.17, 15) is 0 Å². The van der Waals surface area contributed by atoms with Crippen LogP contribution in [0.1, 0.15) is 32.0 Å². The number of likely N-dealkylation sites (tertiary alicyclic amines) is 1. The maximum atomic E-state index is 4.53. The standard InChI is InChI=1S/C22H34N6.HI/c1-18-10-14-28(15-11-18)13-7-12-24-22(23-2)27(3)17-21-25-16-20(26-21)19-8-5-4-6-9-19;/h4-6,8-9,16,18H,7,10-15,17H2,1-3H3,(H,23,24)(H,25,26);1H. The van der Waals surface area contributed by atoms with E-state index in [-0.39, 0.29) is 24.0 Å². The van der Waals surface area contributed by atoms with Gasteiger partial charge in [0.2, 0.25) is 0 Å². The maximum Gasteiger partial charge on any atom is 0.193 e. The quantitative estimate of drug-likeness (QED) is 0.257. The normalized spacial score (nSPS) is 15.8. The van der Waals surface area contributed by atoms with Crippen molar-refractivity contribution < 1.29 is 0 Å². The van der Waals surface area contributed by atoms with Crippen molar-refractivity contribution in [3.63, 3.8) is 0 Å². The van der Waals surface area contributed by atoms with Crippen molar-refractivity contribution in [1.82, 2.24) is 25.1 Å². The third kappa shape index (κ3) is 7.29. The second-order valence-corrected chi connectivity index (χ2v) is 7.82. The fourth-order valence-corrected chi connectivity index (χ4v) is 3.68. The van der Waals surface area contributed by atoms with Gasteiger partial charge in [-0.15, -0.1) is 24.0 Å². The molecule has 2 N–H and O–H groups in total. The number of aromatic nitrogens is 2. The molecule has 0 saturated carbocycles. The number of aromatic amines is 1. The average Bonchev–Trinajstić information content (AvgIpc) is 3.18. The van der Waals surface area contributed by atoms with Crippen LogP contribution in [-0.2, 0) is 6.54 Å². The van der Waals surface area contributed by atoms with E-state index >= 15 is 0 Å². The highest BCUT2D eigenvalue weighted by molar-refractivity contribution is 14.0. The number of benzene rings is 1. The van der Waals surface area contributed by atoms with Crippen LogP contribution in [0.5, 0.6) is 0 Å². The Morgan fingerprint density at radius 2 is 2.00 bits per heavy atom. The van der Waals surface area contributed by atoms with Crippen LogP contribution < -0.4 is 5.32 Å². The monoisotopic (exact) mass is 510 g/mol. The Bertz CT molecular complexity index is 737. The van der Waals surface area contributed by atoms with Gasteiger partial charge in [-0.25, -0.2) is 4.98 Å². The number of halogens is 1. The fourth-order valence-electron chi connectivity index (χ4n) is 3.68. The summed E-state index contributed by atoms with van der Waals surface area (Å²) in [5, 5.41) is 3.48. The summed E-state index contributed by atoms with van der Waals surface area (Å²) >= 11 is 0. The van der Waals surface area contributed by atoms with Crippen molar-refractivity contribution in [2.24, 2.45) is 10.9 Å².